The van der Waals surface area contributed by atoms with Gasteiger partial charge >= 0.3 is 5.97 Å². The van der Waals surface area contributed by atoms with E-state index in [2.05, 4.69) is 22.2 Å². The first-order valence-corrected chi connectivity index (χ1v) is 7.26. The predicted octanol–water partition coefficient (Wildman–Crippen LogP) is 2.74. The lowest BCUT2D eigenvalue weighted by Crippen LogP contribution is -2.13. The molecule has 0 saturated heterocycles. The molecule has 0 saturated carbocycles. The molecule has 1 rings (SSSR count). The number of carbonyl (C=O) groups is 1. The Labute approximate surface area is 125 Å². The van der Waals surface area contributed by atoms with Crippen LogP contribution in [0.3, 0.4) is 0 Å². The Kier molecular flexibility index (Phi) is 7.16. The van der Waals surface area contributed by atoms with Crippen LogP contribution in [0.15, 0.2) is 6.07 Å². The smallest absolute Gasteiger partial charge is 0.303 e. The summed E-state index contributed by atoms with van der Waals surface area (Å²) in [7, 11) is 0. The van der Waals surface area contributed by atoms with Crippen LogP contribution in [0.2, 0.25) is 0 Å². The van der Waals surface area contributed by atoms with E-state index in [1.54, 1.807) is 6.07 Å². The Morgan fingerprint density at radius 3 is 2.81 bits per heavy atom. The maximum atomic E-state index is 10.6. The Morgan fingerprint density at radius 2 is 2.19 bits per heavy atom. The topological polar surface area (TPSA) is 98.9 Å². The van der Waals surface area contributed by atoms with E-state index < -0.39 is 5.97 Å². The second-order valence-corrected chi connectivity index (χ2v) is 5.13. The van der Waals surface area contributed by atoms with Crippen LogP contribution in [0, 0.1) is 24.2 Å². The van der Waals surface area contributed by atoms with Gasteiger partial charge < -0.3 is 10.4 Å². The Hall–Kier alpha value is -2.16. The molecule has 0 aliphatic rings. The molecule has 6 heteroatoms. The van der Waals surface area contributed by atoms with Crippen molar-refractivity contribution in [2.45, 2.75) is 46.0 Å². The lowest BCUT2D eigenvalue weighted by atomic mass is 9.94. The fraction of sp³-hybridized carbons (Fsp3) is 0.600. The zero-order valence-corrected chi connectivity index (χ0v) is 12.6. The number of aryl methyl sites for hydroxylation is 1. The molecule has 6 nitrogen and oxygen atoms in total. The van der Waals surface area contributed by atoms with E-state index in [1.165, 1.54) is 0 Å². The molecule has 0 radical (unpaired) electrons. The Morgan fingerprint density at radius 1 is 1.43 bits per heavy atom. The number of carboxylic acid groups (broad SMARTS) is 1. The van der Waals surface area contributed by atoms with Crippen LogP contribution in [0.5, 0.6) is 0 Å². The third-order valence-corrected chi connectivity index (χ3v) is 3.27. The number of rotatable bonds is 9. The minimum atomic E-state index is -0.746. The molecule has 0 aromatic carbocycles. The Bertz CT molecular complexity index is 511. The number of anilines is 1. The zero-order chi connectivity index (χ0) is 15.7. The molecule has 1 unspecified atom stereocenters. The van der Waals surface area contributed by atoms with E-state index in [9.17, 15) is 4.79 Å². The van der Waals surface area contributed by atoms with Crippen molar-refractivity contribution in [3.8, 4) is 6.07 Å². The highest BCUT2D eigenvalue weighted by Gasteiger charge is 2.10. The third-order valence-electron chi connectivity index (χ3n) is 3.27. The van der Waals surface area contributed by atoms with Gasteiger partial charge in [0.15, 0.2) is 0 Å². The lowest BCUT2D eigenvalue weighted by Gasteiger charge is -2.15. The molecule has 1 heterocycles. The quantitative estimate of drug-likeness (QED) is 0.725. The zero-order valence-electron chi connectivity index (χ0n) is 12.6. The summed E-state index contributed by atoms with van der Waals surface area (Å²) in [4.78, 5) is 19.0. The molecule has 0 aliphatic heterocycles. The van der Waals surface area contributed by atoms with Crippen molar-refractivity contribution < 1.29 is 9.90 Å². The first-order valence-electron chi connectivity index (χ1n) is 7.26. The summed E-state index contributed by atoms with van der Waals surface area (Å²) in [6.45, 7) is 4.60. The molecule has 114 valence electrons. The highest BCUT2D eigenvalue weighted by atomic mass is 16.4. The molecule has 0 amide bonds. The lowest BCUT2D eigenvalue weighted by molar-refractivity contribution is -0.137. The molecule has 21 heavy (non-hydrogen) atoms. The summed E-state index contributed by atoms with van der Waals surface area (Å²) in [6.07, 6.45) is 3.85. The molecule has 2 N–H and O–H groups in total. The van der Waals surface area contributed by atoms with Crippen molar-refractivity contribution in [2.24, 2.45) is 5.92 Å². The van der Waals surface area contributed by atoms with Crippen molar-refractivity contribution in [1.82, 2.24) is 9.97 Å². The van der Waals surface area contributed by atoms with Gasteiger partial charge in [-0.3, -0.25) is 4.79 Å². The summed E-state index contributed by atoms with van der Waals surface area (Å²) < 4.78 is 0. The van der Waals surface area contributed by atoms with Gasteiger partial charge in [0, 0.05) is 18.7 Å². The fourth-order valence-corrected chi connectivity index (χ4v) is 2.26. The van der Waals surface area contributed by atoms with Gasteiger partial charge in [-0.15, -0.1) is 0 Å². The highest BCUT2D eigenvalue weighted by Crippen LogP contribution is 2.17. The van der Waals surface area contributed by atoms with Crippen LogP contribution >= 0.6 is 0 Å². The summed E-state index contributed by atoms with van der Waals surface area (Å²) in [6, 6.07) is 3.64. The van der Waals surface area contributed by atoms with Crippen molar-refractivity contribution in [1.29, 1.82) is 5.26 Å². The van der Waals surface area contributed by atoms with Gasteiger partial charge in [0.1, 0.15) is 11.8 Å². The summed E-state index contributed by atoms with van der Waals surface area (Å²) in [5.74, 6) is 0.101. The average Bonchev–Trinajstić information content (AvgIpc) is 2.44. The normalized spacial score (nSPS) is 11.7. The Balaban J connectivity index is 2.48. The van der Waals surface area contributed by atoms with Gasteiger partial charge in [0.2, 0.25) is 5.95 Å². The SMILES string of the molecule is CCCC(CCNc1nc(C)cc(C#N)n1)CCC(=O)O. The highest BCUT2D eigenvalue weighted by molar-refractivity contribution is 5.66. The van der Waals surface area contributed by atoms with E-state index >= 15 is 0 Å². The van der Waals surface area contributed by atoms with E-state index in [0.29, 0.717) is 30.5 Å². The van der Waals surface area contributed by atoms with Gasteiger partial charge in [-0.2, -0.15) is 5.26 Å². The minimum Gasteiger partial charge on any atom is -0.481 e. The maximum Gasteiger partial charge on any atom is 0.303 e. The predicted molar refractivity (Wildman–Crippen MR) is 79.9 cm³/mol. The molecule has 0 spiro atoms. The molecule has 0 fully saturated rings. The van der Waals surface area contributed by atoms with Crippen molar-refractivity contribution >= 4 is 11.9 Å². The van der Waals surface area contributed by atoms with Crippen LogP contribution in [0.25, 0.3) is 0 Å². The number of carboxylic acids is 1. The van der Waals surface area contributed by atoms with E-state index in [4.69, 9.17) is 10.4 Å². The minimum absolute atomic E-state index is 0.212. The number of nitriles is 1. The van der Waals surface area contributed by atoms with Crippen LogP contribution in [0.1, 0.15) is 50.4 Å². The number of nitrogens with one attached hydrogen (secondary N) is 1. The standard InChI is InChI=1S/C15H22N4O2/c1-3-4-12(5-6-14(20)21)7-8-17-15-18-11(2)9-13(10-16)19-15/h9,12H,3-8H2,1-2H3,(H,20,21)(H,17,18,19). The van der Waals surface area contributed by atoms with Crippen LogP contribution in [-0.4, -0.2) is 27.6 Å². The number of hydrogen-bond donors (Lipinski definition) is 2. The van der Waals surface area contributed by atoms with Gasteiger partial charge in [0.05, 0.1) is 0 Å². The second-order valence-electron chi connectivity index (χ2n) is 5.13. The third kappa shape index (κ3) is 6.70. The van der Waals surface area contributed by atoms with E-state index in [-0.39, 0.29) is 6.42 Å². The maximum absolute atomic E-state index is 10.6. The van der Waals surface area contributed by atoms with Crippen molar-refractivity contribution in [3.05, 3.63) is 17.5 Å². The summed E-state index contributed by atoms with van der Waals surface area (Å²) in [5, 5.41) is 20.7. The first kappa shape index (κ1) is 16.9. The molecular formula is C15H22N4O2. The second kappa shape index (κ2) is 8.90. The van der Waals surface area contributed by atoms with Crippen molar-refractivity contribution in [3.63, 3.8) is 0 Å². The molecule has 1 aromatic rings. The summed E-state index contributed by atoms with van der Waals surface area (Å²) >= 11 is 0. The number of aromatic nitrogens is 2. The first-order chi connectivity index (χ1) is 10.0. The van der Waals surface area contributed by atoms with Gasteiger partial charge in [0.25, 0.3) is 0 Å². The number of aliphatic carboxylic acids is 1. The molecule has 0 aliphatic carbocycles. The van der Waals surface area contributed by atoms with Crippen LogP contribution in [0.4, 0.5) is 5.95 Å². The van der Waals surface area contributed by atoms with E-state index in [0.717, 1.165) is 25.0 Å². The van der Waals surface area contributed by atoms with Gasteiger partial charge in [-0.25, -0.2) is 9.97 Å². The van der Waals surface area contributed by atoms with Crippen LogP contribution in [-0.2, 0) is 4.79 Å². The van der Waals surface area contributed by atoms with E-state index in [1.807, 2.05) is 13.0 Å². The average molecular weight is 290 g/mol. The number of nitrogens with zero attached hydrogens (tertiary/aromatic N) is 3. The van der Waals surface area contributed by atoms with Crippen molar-refractivity contribution in [2.75, 3.05) is 11.9 Å². The van der Waals surface area contributed by atoms with Crippen LogP contribution < -0.4 is 5.32 Å². The summed E-state index contributed by atoms with van der Waals surface area (Å²) in [5.41, 5.74) is 1.10. The largest absolute Gasteiger partial charge is 0.481 e. The van der Waals surface area contributed by atoms with Gasteiger partial charge in [-0.05, 0) is 31.7 Å². The molecule has 1 aromatic heterocycles. The number of hydrogen-bond acceptors (Lipinski definition) is 5. The fourth-order valence-electron chi connectivity index (χ4n) is 2.26. The van der Waals surface area contributed by atoms with Gasteiger partial charge in [-0.1, -0.05) is 19.8 Å². The monoisotopic (exact) mass is 290 g/mol. The molecule has 0 bridgehead atoms. The molecular weight excluding hydrogens is 268 g/mol. The molecule has 1 atom stereocenters.